The monoisotopic (exact) mass is 189 g/mol. The third kappa shape index (κ3) is 1.01. The van der Waals surface area contributed by atoms with Gasteiger partial charge in [0.15, 0.2) is 5.16 Å². The van der Waals surface area contributed by atoms with Gasteiger partial charge in [-0.15, -0.1) is 5.10 Å². The molecule has 0 fully saturated rings. The van der Waals surface area contributed by atoms with Crippen LogP contribution in [0.25, 0.3) is 0 Å². The molecule has 1 aromatic heterocycles. The Labute approximate surface area is 72.1 Å². The molecule has 0 amide bonds. The molecule has 1 aliphatic heterocycles. The molecule has 0 saturated heterocycles. The van der Waals surface area contributed by atoms with Crippen LogP contribution < -0.4 is 5.69 Å². The molecule has 0 radical (unpaired) electrons. The smallest absolute Gasteiger partial charge is 0.268 e. The molecule has 0 saturated carbocycles. The van der Waals surface area contributed by atoms with Gasteiger partial charge in [-0.2, -0.15) is 4.09 Å². The highest BCUT2D eigenvalue weighted by Crippen LogP contribution is 2.20. The minimum Gasteiger partial charge on any atom is -0.268 e. The summed E-state index contributed by atoms with van der Waals surface area (Å²) >= 11 is 2.97. The van der Waals surface area contributed by atoms with E-state index in [1.165, 1.54) is 16.0 Å². The molecule has 2 rings (SSSR count). The van der Waals surface area contributed by atoms with Gasteiger partial charge in [-0.3, -0.25) is 4.57 Å². The number of rotatable bonds is 1. The van der Waals surface area contributed by atoms with Crippen LogP contribution in [0.3, 0.4) is 0 Å². The highest BCUT2D eigenvalue weighted by atomic mass is 32.2. The molecular weight excluding hydrogens is 182 g/mol. The van der Waals surface area contributed by atoms with E-state index in [-0.39, 0.29) is 5.69 Å². The van der Waals surface area contributed by atoms with Crippen molar-refractivity contribution in [2.75, 3.05) is 12.0 Å². The van der Waals surface area contributed by atoms with E-state index in [1.54, 1.807) is 16.3 Å². The topological polar surface area (TPSA) is 39.8 Å². The van der Waals surface area contributed by atoms with Crippen LogP contribution in [0.1, 0.15) is 0 Å². The van der Waals surface area contributed by atoms with Crippen molar-refractivity contribution in [3.63, 3.8) is 0 Å². The highest BCUT2D eigenvalue weighted by molar-refractivity contribution is 7.99. The number of thioether (sulfide) groups is 1. The second-order valence-corrected chi connectivity index (χ2v) is 3.89. The van der Waals surface area contributed by atoms with Crippen molar-refractivity contribution in [2.45, 2.75) is 11.7 Å². The molecule has 1 aromatic rings. The van der Waals surface area contributed by atoms with Crippen molar-refractivity contribution in [2.24, 2.45) is 0 Å². The Morgan fingerprint density at radius 3 is 3.18 bits per heavy atom. The van der Waals surface area contributed by atoms with Gasteiger partial charge in [0.1, 0.15) is 0 Å². The zero-order chi connectivity index (χ0) is 7.84. The second-order valence-electron chi connectivity index (χ2n) is 2.12. The van der Waals surface area contributed by atoms with Gasteiger partial charge < -0.3 is 0 Å². The zero-order valence-electron chi connectivity index (χ0n) is 5.98. The van der Waals surface area contributed by atoms with Crippen molar-refractivity contribution in [1.82, 2.24) is 13.8 Å². The summed E-state index contributed by atoms with van der Waals surface area (Å²) in [5, 5.41) is 4.95. The molecule has 4 nitrogen and oxygen atoms in total. The van der Waals surface area contributed by atoms with E-state index in [0.717, 1.165) is 17.5 Å². The molecule has 1 aliphatic rings. The largest absolute Gasteiger partial charge is 0.357 e. The Hall–Kier alpha value is -0.360. The van der Waals surface area contributed by atoms with Crippen LogP contribution in [0.5, 0.6) is 0 Å². The highest BCUT2D eigenvalue weighted by Gasteiger charge is 2.18. The van der Waals surface area contributed by atoms with Crippen molar-refractivity contribution in [3.05, 3.63) is 10.5 Å². The minimum atomic E-state index is -0.00231. The average molecular weight is 189 g/mol. The lowest BCUT2D eigenvalue weighted by Crippen LogP contribution is -2.20. The molecule has 2 heterocycles. The number of nitrogens with zero attached hydrogens (tertiary/aromatic N) is 3. The number of hydrogen-bond acceptors (Lipinski definition) is 4. The van der Waals surface area contributed by atoms with Crippen molar-refractivity contribution in [3.8, 4) is 0 Å². The van der Waals surface area contributed by atoms with Gasteiger partial charge in [0.25, 0.3) is 0 Å². The lowest BCUT2D eigenvalue weighted by Gasteiger charge is -1.89. The quantitative estimate of drug-likeness (QED) is 0.636. The van der Waals surface area contributed by atoms with Crippen molar-refractivity contribution in [1.29, 1.82) is 0 Å². The number of fused-ring (bicyclic) bond motifs is 1. The first kappa shape index (κ1) is 7.30. The van der Waals surface area contributed by atoms with E-state index in [1.807, 2.05) is 6.26 Å². The van der Waals surface area contributed by atoms with E-state index in [2.05, 4.69) is 5.10 Å². The molecule has 0 unspecified atom stereocenters. The van der Waals surface area contributed by atoms with Gasteiger partial charge in [0, 0.05) is 18.6 Å². The molecule has 60 valence electrons. The zero-order valence-corrected chi connectivity index (χ0v) is 7.61. The summed E-state index contributed by atoms with van der Waals surface area (Å²) in [5.41, 5.74) is -0.00231. The van der Waals surface area contributed by atoms with Gasteiger partial charge in [-0.25, -0.2) is 4.79 Å². The van der Waals surface area contributed by atoms with Gasteiger partial charge in [0.2, 0.25) is 0 Å². The van der Waals surface area contributed by atoms with E-state index >= 15 is 0 Å². The molecule has 0 N–H and O–H groups in total. The van der Waals surface area contributed by atoms with E-state index in [4.69, 9.17) is 0 Å². The first-order valence-electron chi connectivity index (χ1n) is 3.20. The summed E-state index contributed by atoms with van der Waals surface area (Å²) in [6, 6.07) is 0. The molecule has 0 aromatic carbocycles. The Morgan fingerprint density at radius 2 is 2.55 bits per heavy atom. The van der Waals surface area contributed by atoms with Crippen LogP contribution in [-0.4, -0.2) is 25.8 Å². The molecule has 11 heavy (non-hydrogen) atoms. The number of aromatic nitrogens is 3. The Balaban J connectivity index is 2.58. The van der Waals surface area contributed by atoms with Crippen LogP contribution in [0.4, 0.5) is 0 Å². The third-order valence-corrected chi connectivity index (χ3v) is 3.05. The van der Waals surface area contributed by atoms with Crippen LogP contribution in [-0.2, 0) is 6.54 Å². The molecule has 0 spiro atoms. The normalized spacial score (nSPS) is 15.4. The van der Waals surface area contributed by atoms with Crippen LogP contribution in [0.15, 0.2) is 9.95 Å². The maximum absolute atomic E-state index is 11.3. The third-order valence-electron chi connectivity index (χ3n) is 1.52. The second kappa shape index (κ2) is 2.60. The van der Waals surface area contributed by atoms with E-state index in [9.17, 15) is 4.79 Å². The summed E-state index contributed by atoms with van der Waals surface area (Å²) in [6.45, 7) is 0.805. The minimum absolute atomic E-state index is 0.00231. The number of hydrogen-bond donors (Lipinski definition) is 0. The van der Waals surface area contributed by atoms with E-state index in [0.29, 0.717) is 0 Å². The van der Waals surface area contributed by atoms with Crippen LogP contribution in [0, 0.1) is 0 Å². The lowest BCUT2D eigenvalue weighted by molar-refractivity contribution is 0.695. The molecule has 6 heteroatoms. The molecular formula is C5H7N3OS2. The Bertz CT molecular complexity index is 329. The van der Waals surface area contributed by atoms with Gasteiger partial charge in [-0.1, -0.05) is 11.8 Å². The van der Waals surface area contributed by atoms with Gasteiger partial charge >= 0.3 is 5.69 Å². The van der Waals surface area contributed by atoms with Crippen molar-refractivity contribution < 1.29 is 0 Å². The van der Waals surface area contributed by atoms with E-state index < -0.39 is 0 Å². The molecule has 0 aliphatic carbocycles. The fourth-order valence-electron chi connectivity index (χ4n) is 1.00. The molecule has 0 bridgehead atoms. The summed E-state index contributed by atoms with van der Waals surface area (Å²) in [4.78, 5) is 11.3. The SMILES string of the molecule is CSn1nc2n(c1=O)CCS2. The summed E-state index contributed by atoms with van der Waals surface area (Å²) in [7, 11) is 0. The summed E-state index contributed by atoms with van der Waals surface area (Å²) in [6.07, 6.45) is 1.84. The molecule has 0 atom stereocenters. The van der Waals surface area contributed by atoms with Gasteiger partial charge in [0.05, 0.1) is 0 Å². The van der Waals surface area contributed by atoms with Crippen molar-refractivity contribution >= 4 is 23.7 Å². The first-order chi connectivity index (χ1) is 5.33. The predicted molar refractivity (Wildman–Crippen MR) is 46.1 cm³/mol. The van der Waals surface area contributed by atoms with Crippen LogP contribution >= 0.6 is 23.7 Å². The standard InChI is InChI=1S/C5H7N3OS2/c1-10-8-5(9)7-2-3-11-4(7)6-8/h2-3H2,1H3. The lowest BCUT2D eigenvalue weighted by atomic mass is 10.7. The van der Waals surface area contributed by atoms with Crippen LogP contribution in [0.2, 0.25) is 0 Å². The summed E-state index contributed by atoms with van der Waals surface area (Å²) < 4.78 is 3.13. The fraction of sp³-hybridized carbons (Fsp3) is 0.600. The predicted octanol–water partition coefficient (Wildman–Crippen LogP) is 0.277. The Kier molecular flexibility index (Phi) is 1.72. The maximum atomic E-state index is 11.3. The van der Waals surface area contributed by atoms with Gasteiger partial charge in [-0.05, 0) is 11.9 Å². The summed E-state index contributed by atoms with van der Waals surface area (Å²) in [5.74, 6) is 0.979. The Morgan fingerprint density at radius 1 is 1.73 bits per heavy atom. The maximum Gasteiger partial charge on any atom is 0.357 e. The fourth-order valence-corrected chi connectivity index (χ4v) is 2.39. The first-order valence-corrected chi connectivity index (χ1v) is 5.37. The average Bonchev–Trinajstić information content (AvgIpc) is 2.53.